The number of nitrogens with two attached hydrogens (primary N) is 1. The van der Waals surface area contributed by atoms with Crippen molar-refractivity contribution in [2.75, 3.05) is 47.1 Å². The molecule has 2 aliphatic heterocycles. The van der Waals surface area contributed by atoms with Gasteiger partial charge in [0.25, 0.3) is 0 Å². The zero-order valence-electron chi connectivity index (χ0n) is 21.0. The molecular formula is C21H43N7O6. The van der Waals surface area contributed by atoms with Gasteiger partial charge >= 0.3 is 12.1 Å². The number of carbonyl (C=O) groups excluding carboxylic acids is 2. The molecule has 0 spiro atoms. The number of fused-ring (bicyclic) bond motifs is 1. The van der Waals surface area contributed by atoms with E-state index in [9.17, 15) is 9.59 Å². The summed E-state index contributed by atoms with van der Waals surface area (Å²) in [6.45, 7) is 7.36. The first-order valence-electron chi connectivity index (χ1n) is 12.2. The largest absolute Gasteiger partial charge is 0.364 e. The highest BCUT2D eigenvalue weighted by molar-refractivity contribution is 5.85. The quantitative estimate of drug-likeness (QED) is 0.140. The molecule has 3 atom stereocenters. The summed E-state index contributed by atoms with van der Waals surface area (Å²) in [6.07, 6.45) is 3.64. The van der Waals surface area contributed by atoms with Crippen molar-refractivity contribution in [2.24, 2.45) is 5.73 Å². The Balaban J connectivity index is 2.18. The van der Waals surface area contributed by atoms with Gasteiger partial charge in [-0.25, -0.2) is 20.5 Å². The minimum absolute atomic E-state index is 0.00794. The van der Waals surface area contributed by atoms with Crippen LogP contribution in [0, 0.1) is 0 Å². The van der Waals surface area contributed by atoms with Crippen molar-refractivity contribution in [2.45, 2.75) is 77.9 Å². The Labute approximate surface area is 202 Å². The molecule has 2 aliphatic rings. The molecule has 0 aromatic rings. The lowest BCUT2D eigenvalue weighted by atomic mass is 10.3. The van der Waals surface area contributed by atoms with Gasteiger partial charge in [0.2, 0.25) is 0 Å². The van der Waals surface area contributed by atoms with E-state index in [1.54, 1.807) is 0 Å². The predicted octanol–water partition coefficient (Wildman–Crippen LogP) is 1.33. The third kappa shape index (κ3) is 7.38. The third-order valence-corrected chi connectivity index (χ3v) is 5.67. The Morgan fingerprint density at radius 1 is 0.794 bits per heavy atom. The van der Waals surface area contributed by atoms with Crippen LogP contribution in [-0.4, -0.2) is 97.3 Å². The summed E-state index contributed by atoms with van der Waals surface area (Å²) < 4.78 is 11.0. The van der Waals surface area contributed by atoms with E-state index in [4.69, 9.17) is 24.9 Å². The van der Waals surface area contributed by atoms with E-state index in [1.165, 1.54) is 26.7 Å². The van der Waals surface area contributed by atoms with Crippen LogP contribution < -0.4 is 16.7 Å². The van der Waals surface area contributed by atoms with Crippen LogP contribution in [0.1, 0.15) is 59.3 Å². The molecular weight excluding hydrogens is 446 g/mol. The Morgan fingerprint density at radius 2 is 1.26 bits per heavy atom. The SMILES string of the molecule is CCCCNOCN1C(=O)N(CONCCCC)C2C1N(COC)C(=O)N2COC(N)CCC. The molecule has 2 heterocycles. The summed E-state index contributed by atoms with van der Waals surface area (Å²) in [5, 5.41) is 0. The molecule has 198 valence electrons. The van der Waals surface area contributed by atoms with Gasteiger partial charge in [-0.2, -0.15) is 0 Å². The van der Waals surface area contributed by atoms with Crippen molar-refractivity contribution >= 4 is 12.1 Å². The molecule has 0 aromatic heterocycles. The molecule has 2 saturated heterocycles. The van der Waals surface area contributed by atoms with Gasteiger partial charge in [0.1, 0.15) is 33.2 Å². The topological polar surface area (TPSA) is 134 Å². The van der Waals surface area contributed by atoms with Crippen LogP contribution in [0.4, 0.5) is 9.59 Å². The molecule has 0 saturated carbocycles. The van der Waals surface area contributed by atoms with Gasteiger partial charge in [-0.3, -0.25) is 29.3 Å². The highest BCUT2D eigenvalue weighted by atomic mass is 16.7. The molecule has 4 N–H and O–H groups in total. The van der Waals surface area contributed by atoms with Crippen LogP contribution in [0.2, 0.25) is 0 Å². The van der Waals surface area contributed by atoms with Gasteiger partial charge in [-0.1, -0.05) is 40.0 Å². The smallest absolute Gasteiger partial charge is 0.327 e. The van der Waals surface area contributed by atoms with E-state index in [-0.39, 0.29) is 39.0 Å². The number of carbonyl (C=O) groups is 2. The first-order valence-corrected chi connectivity index (χ1v) is 12.2. The van der Waals surface area contributed by atoms with Crippen molar-refractivity contribution in [3.05, 3.63) is 0 Å². The average Bonchev–Trinajstić information content (AvgIpc) is 3.23. The van der Waals surface area contributed by atoms with E-state index >= 15 is 0 Å². The predicted molar refractivity (Wildman–Crippen MR) is 124 cm³/mol. The van der Waals surface area contributed by atoms with Crippen molar-refractivity contribution in [3.8, 4) is 0 Å². The summed E-state index contributed by atoms with van der Waals surface area (Å²) in [7, 11) is 1.50. The van der Waals surface area contributed by atoms with Crippen LogP contribution in [0.25, 0.3) is 0 Å². The van der Waals surface area contributed by atoms with E-state index in [0.29, 0.717) is 19.5 Å². The highest BCUT2D eigenvalue weighted by Crippen LogP contribution is 2.34. The van der Waals surface area contributed by atoms with Gasteiger partial charge in [-0.15, -0.1) is 0 Å². The second kappa shape index (κ2) is 15.3. The normalized spacial score (nSPS) is 21.2. The molecule has 4 amide bonds. The van der Waals surface area contributed by atoms with Crippen molar-refractivity contribution in [3.63, 3.8) is 0 Å². The maximum absolute atomic E-state index is 13.4. The minimum atomic E-state index is -0.656. The lowest BCUT2D eigenvalue weighted by molar-refractivity contribution is -0.0714. The number of unbranched alkanes of at least 4 members (excludes halogenated alkanes) is 2. The molecule has 13 heteroatoms. The fraction of sp³-hybridized carbons (Fsp3) is 0.905. The van der Waals surface area contributed by atoms with Crippen LogP contribution in [-0.2, 0) is 19.1 Å². The Kier molecular flexibility index (Phi) is 12.8. The van der Waals surface area contributed by atoms with E-state index in [0.717, 1.165) is 32.1 Å². The van der Waals surface area contributed by atoms with Gasteiger partial charge in [0.15, 0.2) is 12.3 Å². The Bertz CT molecular complexity index is 616. The number of hydrogen-bond donors (Lipinski definition) is 3. The maximum Gasteiger partial charge on any atom is 0.327 e. The molecule has 0 aromatic carbocycles. The zero-order chi connectivity index (χ0) is 24.9. The Morgan fingerprint density at radius 3 is 1.71 bits per heavy atom. The fourth-order valence-electron chi connectivity index (χ4n) is 3.84. The molecule has 13 nitrogen and oxygen atoms in total. The summed E-state index contributed by atoms with van der Waals surface area (Å²) in [5.74, 6) is 0. The second-order valence-electron chi connectivity index (χ2n) is 8.35. The molecule has 0 aliphatic carbocycles. The monoisotopic (exact) mass is 489 g/mol. The number of amides is 4. The number of ether oxygens (including phenoxy) is 2. The molecule has 34 heavy (non-hydrogen) atoms. The zero-order valence-corrected chi connectivity index (χ0v) is 21.0. The number of rotatable bonds is 19. The van der Waals surface area contributed by atoms with E-state index in [2.05, 4.69) is 24.8 Å². The van der Waals surface area contributed by atoms with Gasteiger partial charge in [0, 0.05) is 20.2 Å². The number of urea groups is 2. The summed E-state index contributed by atoms with van der Waals surface area (Å²) in [4.78, 5) is 43.7. The number of nitrogens with one attached hydrogen (secondary N) is 2. The summed E-state index contributed by atoms with van der Waals surface area (Å²) >= 11 is 0. The van der Waals surface area contributed by atoms with E-state index in [1.807, 2.05) is 6.92 Å². The molecule has 2 fully saturated rings. The average molecular weight is 490 g/mol. The Hall–Kier alpha value is -1.74. The third-order valence-electron chi connectivity index (χ3n) is 5.67. The summed E-state index contributed by atoms with van der Waals surface area (Å²) in [6, 6.07) is -0.637. The van der Waals surface area contributed by atoms with Crippen LogP contribution in [0.15, 0.2) is 0 Å². The van der Waals surface area contributed by atoms with Crippen molar-refractivity contribution in [1.29, 1.82) is 0 Å². The highest BCUT2D eigenvalue weighted by Gasteiger charge is 2.59. The number of methoxy groups -OCH3 is 1. The first kappa shape index (κ1) is 28.5. The fourth-order valence-corrected chi connectivity index (χ4v) is 3.84. The molecule has 0 bridgehead atoms. The van der Waals surface area contributed by atoms with Gasteiger partial charge < -0.3 is 15.2 Å². The molecule has 2 rings (SSSR count). The molecule has 3 unspecified atom stereocenters. The second-order valence-corrected chi connectivity index (χ2v) is 8.35. The van der Waals surface area contributed by atoms with Gasteiger partial charge in [0.05, 0.1) is 0 Å². The number of nitrogens with zero attached hydrogens (tertiary/aromatic N) is 4. The van der Waals surface area contributed by atoms with Crippen molar-refractivity contribution in [1.82, 2.24) is 30.6 Å². The van der Waals surface area contributed by atoms with Crippen LogP contribution >= 0.6 is 0 Å². The van der Waals surface area contributed by atoms with Crippen LogP contribution in [0.3, 0.4) is 0 Å². The lowest BCUT2D eigenvalue weighted by Gasteiger charge is -2.29. The number of hydrogen-bond acceptors (Lipinski definition) is 9. The number of hydroxylamine groups is 2. The van der Waals surface area contributed by atoms with Crippen LogP contribution in [0.5, 0.6) is 0 Å². The van der Waals surface area contributed by atoms with Gasteiger partial charge in [-0.05, 0) is 19.3 Å². The maximum atomic E-state index is 13.4. The van der Waals surface area contributed by atoms with E-state index < -0.39 is 18.6 Å². The van der Waals surface area contributed by atoms with Crippen molar-refractivity contribution < 1.29 is 28.7 Å². The first-order chi connectivity index (χ1) is 16.5. The lowest BCUT2D eigenvalue weighted by Crippen LogP contribution is -2.49. The minimum Gasteiger partial charge on any atom is -0.364 e. The molecule has 0 radical (unpaired) electrons. The standard InChI is InChI=1S/C21H43N7O6/c1-5-8-11-23-33-15-27-18-19(28(21(27)30)16-34-24-12-9-6-2)26(14-32-17(22)10-7-3)20(29)25(18)13-31-4/h17-19,23-24H,5-16,22H2,1-4H3. The summed E-state index contributed by atoms with van der Waals surface area (Å²) in [5.41, 5.74) is 11.8.